The number of carbonyl (C=O) groups excluding carboxylic acids is 2. The third-order valence-electron chi connectivity index (χ3n) is 4.67. The number of carbonyl (C=O) groups is 2. The van der Waals surface area contributed by atoms with Crippen LogP contribution in [0.25, 0.3) is 17.2 Å². The zero-order valence-corrected chi connectivity index (χ0v) is 17.0. The number of hydrogen-bond acceptors (Lipinski definition) is 5. The van der Waals surface area contributed by atoms with E-state index in [1.165, 1.54) is 6.08 Å². The van der Waals surface area contributed by atoms with Crippen molar-refractivity contribution in [3.05, 3.63) is 65.7 Å². The van der Waals surface area contributed by atoms with Crippen LogP contribution in [0.4, 0.5) is 0 Å². The van der Waals surface area contributed by atoms with E-state index in [1.54, 1.807) is 18.2 Å². The first-order valence-electron chi connectivity index (χ1n) is 9.48. The summed E-state index contributed by atoms with van der Waals surface area (Å²) in [5, 5.41) is 8.86. The van der Waals surface area contributed by atoms with Crippen molar-refractivity contribution in [3.8, 4) is 17.2 Å². The Bertz CT molecular complexity index is 903. The highest BCUT2D eigenvalue weighted by atomic mass is 16.6. The minimum absolute atomic E-state index is 0.0202. The number of nitrogens with zero attached hydrogens (tertiary/aromatic N) is 1. The minimum atomic E-state index is -0.534. The second-order valence-electron chi connectivity index (χ2n) is 7.19. The average molecular weight is 391 g/mol. The van der Waals surface area contributed by atoms with Crippen LogP contribution in [-0.2, 0) is 19.1 Å². The lowest BCUT2D eigenvalue weighted by molar-refractivity contribution is -0.157. The van der Waals surface area contributed by atoms with Crippen LogP contribution in [0, 0.1) is 16.7 Å². The van der Waals surface area contributed by atoms with Crippen molar-refractivity contribution in [2.75, 3.05) is 13.2 Å². The lowest BCUT2D eigenvalue weighted by atomic mass is 9.91. The minimum Gasteiger partial charge on any atom is -0.462 e. The van der Waals surface area contributed by atoms with Crippen molar-refractivity contribution < 1.29 is 19.1 Å². The van der Waals surface area contributed by atoms with Crippen LogP contribution in [0.15, 0.2) is 54.6 Å². The van der Waals surface area contributed by atoms with Crippen LogP contribution in [-0.4, -0.2) is 25.2 Å². The second-order valence-corrected chi connectivity index (χ2v) is 7.19. The zero-order valence-electron chi connectivity index (χ0n) is 17.0. The first-order valence-corrected chi connectivity index (χ1v) is 9.48. The molecule has 29 heavy (non-hydrogen) atoms. The molecule has 5 heteroatoms. The summed E-state index contributed by atoms with van der Waals surface area (Å²) in [6, 6.07) is 17.1. The van der Waals surface area contributed by atoms with Gasteiger partial charge in [-0.1, -0.05) is 43.3 Å². The molecule has 2 aromatic carbocycles. The summed E-state index contributed by atoms with van der Waals surface area (Å²) in [7, 11) is 0. The first-order chi connectivity index (χ1) is 13.9. The molecule has 0 radical (unpaired) electrons. The van der Waals surface area contributed by atoms with Gasteiger partial charge in [0.05, 0.1) is 17.0 Å². The van der Waals surface area contributed by atoms with E-state index in [4.69, 9.17) is 14.7 Å². The summed E-state index contributed by atoms with van der Waals surface area (Å²) < 4.78 is 10.2. The molecule has 0 aliphatic carbocycles. The quantitative estimate of drug-likeness (QED) is 0.368. The SMILES string of the molecule is CCC(C)(C)C(=O)OCCOC(=O)/C=C\c1ccc(-c2ccc(C#N)cc2)cc1. The maximum absolute atomic E-state index is 11.8. The Balaban J connectivity index is 1.81. The van der Waals surface area contributed by atoms with Crippen molar-refractivity contribution in [2.45, 2.75) is 27.2 Å². The highest BCUT2D eigenvalue weighted by Gasteiger charge is 2.26. The van der Waals surface area contributed by atoms with Crippen LogP contribution in [0.3, 0.4) is 0 Å². The number of ether oxygens (including phenoxy) is 2. The Hall–Kier alpha value is -3.39. The molecule has 0 spiro atoms. The van der Waals surface area contributed by atoms with Gasteiger partial charge in [-0.05, 0) is 55.2 Å². The standard InChI is InChI=1S/C24H25NO4/c1-4-24(2,3)23(27)29-16-15-28-22(26)14-9-18-5-10-20(11-6-18)21-12-7-19(17-25)8-13-21/h5-14H,4,15-16H2,1-3H3/b14-9-. The predicted molar refractivity (Wildman–Crippen MR) is 112 cm³/mol. The third kappa shape index (κ3) is 6.62. The number of hydrogen-bond donors (Lipinski definition) is 0. The molecule has 0 heterocycles. The predicted octanol–water partition coefficient (Wildman–Crippen LogP) is 4.76. The fraction of sp³-hybridized carbons (Fsp3) is 0.292. The number of rotatable bonds is 8. The second kappa shape index (κ2) is 10.2. The molecule has 0 N–H and O–H groups in total. The molecule has 0 unspecified atom stereocenters. The maximum Gasteiger partial charge on any atom is 0.330 e. The van der Waals surface area contributed by atoms with E-state index < -0.39 is 11.4 Å². The molecule has 0 aliphatic heterocycles. The topological polar surface area (TPSA) is 76.4 Å². The molecule has 5 nitrogen and oxygen atoms in total. The van der Waals surface area contributed by atoms with Crippen LogP contribution in [0.2, 0.25) is 0 Å². The average Bonchev–Trinajstić information content (AvgIpc) is 2.75. The highest BCUT2D eigenvalue weighted by Crippen LogP contribution is 2.22. The first kappa shape index (κ1) is 21.9. The van der Waals surface area contributed by atoms with Gasteiger partial charge in [-0.2, -0.15) is 5.26 Å². The highest BCUT2D eigenvalue weighted by molar-refractivity contribution is 5.87. The van der Waals surface area contributed by atoms with Crippen molar-refractivity contribution in [3.63, 3.8) is 0 Å². The molecule has 2 aromatic rings. The normalized spacial score (nSPS) is 11.1. The summed E-state index contributed by atoms with van der Waals surface area (Å²) >= 11 is 0. The van der Waals surface area contributed by atoms with E-state index in [-0.39, 0.29) is 19.2 Å². The summed E-state index contributed by atoms with van der Waals surface area (Å²) in [5.74, 6) is -0.791. The van der Waals surface area contributed by atoms with E-state index in [1.807, 2.05) is 57.2 Å². The fourth-order valence-electron chi connectivity index (χ4n) is 2.35. The van der Waals surface area contributed by atoms with Crippen LogP contribution < -0.4 is 0 Å². The molecule has 0 saturated heterocycles. The molecule has 0 saturated carbocycles. The van der Waals surface area contributed by atoms with E-state index in [0.717, 1.165) is 16.7 Å². The molecule has 0 bridgehead atoms. The number of benzene rings is 2. The lowest BCUT2D eigenvalue weighted by Crippen LogP contribution is -2.27. The Kier molecular flexibility index (Phi) is 7.73. The zero-order chi connectivity index (χ0) is 21.3. The molecular formula is C24H25NO4. The summed E-state index contributed by atoms with van der Waals surface area (Å²) in [6.45, 7) is 5.61. The molecule has 0 atom stereocenters. The Morgan fingerprint density at radius 1 is 0.966 bits per heavy atom. The van der Waals surface area contributed by atoms with E-state index in [9.17, 15) is 9.59 Å². The molecule has 2 rings (SSSR count). The van der Waals surface area contributed by atoms with Gasteiger partial charge in [0.25, 0.3) is 0 Å². The van der Waals surface area contributed by atoms with E-state index >= 15 is 0 Å². The molecule has 0 fully saturated rings. The molecular weight excluding hydrogens is 366 g/mol. The van der Waals surface area contributed by atoms with Gasteiger partial charge in [-0.25, -0.2) is 4.79 Å². The van der Waals surface area contributed by atoms with Crippen molar-refractivity contribution >= 4 is 18.0 Å². The van der Waals surface area contributed by atoms with Crippen molar-refractivity contribution in [2.24, 2.45) is 5.41 Å². The van der Waals surface area contributed by atoms with Gasteiger partial charge in [0.15, 0.2) is 0 Å². The Morgan fingerprint density at radius 2 is 1.52 bits per heavy atom. The maximum atomic E-state index is 11.8. The summed E-state index contributed by atoms with van der Waals surface area (Å²) in [5.41, 5.74) is 2.98. The molecule has 150 valence electrons. The van der Waals surface area contributed by atoms with Crippen LogP contribution in [0.5, 0.6) is 0 Å². The van der Waals surface area contributed by atoms with Gasteiger partial charge in [-0.3, -0.25) is 4.79 Å². The van der Waals surface area contributed by atoms with E-state index in [0.29, 0.717) is 12.0 Å². The van der Waals surface area contributed by atoms with Gasteiger partial charge < -0.3 is 9.47 Å². The smallest absolute Gasteiger partial charge is 0.330 e. The van der Waals surface area contributed by atoms with Gasteiger partial charge in [0.1, 0.15) is 13.2 Å². The molecule has 0 amide bonds. The van der Waals surface area contributed by atoms with Crippen molar-refractivity contribution in [1.82, 2.24) is 0 Å². The molecule has 0 aromatic heterocycles. The fourth-order valence-corrected chi connectivity index (χ4v) is 2.35. The third-order valence-corrected chi connectivity index (χ3v) is 4.67. The van der Waals surface area contributed by atoms with Crippen LogP contribution in [0.1, 0.15) is 38.3 Å². The number of esters is 2. The largest absolute Gasteiger partial charge is 0.462 e. The molecule has 0 aliphatic rings. The van der Waals surface area contributed by atoms with Gasteiger partial charge in [0.2, 0.25) is 0 Å². The Morgan fingerprint density at radius 3 is 2.07 bits per heavy atom. The van der Waals surface area contributed by atoms with Crippen LogP contribution >= 0.6 is 0 Å². The Labute approximate surface area is 171 Å². The summed E-state index contributed by atoms with van der Waals surface area (Å²) in [6.07, 6.45) is 3.68. The monoisotopic (exact) mass is 391 g/mol. The van der Waals surface area contributed by atoms with Crippen molar-refractivity contribution in [1.29, 1.82) is 5.26 Å². The summed E-state index contributed by atoms with van der Waals surface area (Å²) in [4.78, 5) is 23.6. The van der Waals surface area contributed by atoms with Gasteiger partial charge in [0, 0.05) is 6.08 Å². The van der Waals surface area contributed by atoms with Gasteiger partial charge >= 0.3 is 11.9 Å². The van der Waals surface area contributed by atoms with E-state index in [2.05, 4.69) is 6.07 Å². The van der Waals surface area contributed by atoms with Gasteiger partial charge in [-0.15, -0.1) is 0 Å². The lowest BCUT2D eigenvalue weighted by Gasteiger charge is -2.20. The number of nitriles is 1.